The second-order valence-electron chi connectivity index (χ2n) is 17.3. The van der Waals surface area contributed by atoms with E-state index >= 15 is 0 Å². The molecule has 0 aliphatic rings. The maximum Gasteiger partial charge on any atom is 0.261 e. The third-order valence-corrected chi connectivity index (χ3v) is 13.0. The number of hydrogen-bond acceptors (Lipinski definition) is 8. The summed E-state index contributed by atoms with van der Waals surface area (Å²) < 4.78 is 166. The van der Waals surface area contributed by atoms with E-state index in [0.29, 0.717) is 22.0 Å². The molecular formula is C52H28F12N4O8. The number of fused-ring (bicyclic) bond motifs is 4. The predicted octanol–water partition coefficient (Wildman–Crippen LogP) is 6.46. The van der Waals surface area contributed by atoms with Crippen molar-refractivity contribution in [3.63, 3.8) is 0 Å². The molecule has 0 saturated heterocycles. The van der Waals surface area contributed by atoms with E-state index in [9.17, 15) is 91.0 Å². The summed E-state index contributed by atoms with van der Waals surface area (Å²) in [5, 5.41) is -1.49. The first kappa shape index (κ1) is 51.9. The van der Waals surface area contributed by atoms with Gasteiger partial charge in [0.05, 0.1) is 43.1 Å². The van der Waals surface area contributed by atoms with E-state index in [-0.39, 0.29) is 46.3 Å². The fourth-order valence-corrected chi connectivity index (χ4v) is 8.93. The number of aryl methyl sites for hydroxylation is 2. The first-order valence-electron chi connectivity index (χ1n) is 22.3. The number of nitrogens with zero attached hydrogens (tertiary/aromatic N) is 4. The summed E-state index contributed by atoms with van der Waals surface area (Å²) in [6.07, 6.45) is -1.28. The number of rotatable bonds is 12. The van der Waals surface area contributed by atoms with Gasteiger partial charge in [0, 0.05) is 37.3 Å². The Morgan fingerprint density at radius 2 is 0.434 bits per heavy atom. The molecule has 0 N–H and O–H groups in total. The monoisotopic (exact) mass is 1060 g/mol. The molecular weight excluding hydrogens is 1040 g/mol. The quantitative estimate of drug-likeness (QED) is 0.0767. The Bertz CT molecular complexity index is 4020. The molecule has 6 aromatic carbocycles. The van der Waals surface area contributed by atoms with E-state index in [0.717, 1.165) is 32.4 Å². The van der Waals surface area contributed by atoms with E-state index in [1.807, 2.05) is 0 Å². The molecule has 76 heavy (non-hydrogen) atoms. The molecule has 4 aromatic heterocycles. The molecule has 0 aliphatic heterocycles. The van der Waals surface area contributed by atoms with Crippen molar-refractivity contribution < 1.29 is 52.7 Å². The standard InChI is InChI=1S/C26H10F10N2O4.C26H18F2N2O4/c27-13-7(14(28)18(32)21(35)17(13)31)1-3-37-23(39)9-5-11-12(6-10(9)24(37)40)26(42)38(25(11)41)4-2-8-15(29)19(33)22(36)20(34)16(8)30;27-17-5-1-15(2-6-17)9-11-29-23(31)19-13-21-22(14-20(19)24(29)32)26(34)30(25(21)33)12-10-16-3-7-18(28)8-4-16/h5-6H,1-4H2;1-8,13-14H,9-12H2. The van der Waals surface area contributed by atoms with Gasteiger partial charge in [-0.25, -0.2) is 52.7 Å². The molecule has 10 aromatic rings. The van der Waals surface area contributed by atoms with Crippen LogP contribution in [0.25, 0.3) is 43.1 Å². The maximum atomic E-state index is 14.0. The zero-order valence-electron chi connectivity index (χ0n) is 38.2. The third kappa shape index (κ3) is 8.71. The molecule has 0 saturated carbocycles. The Hall–Kier alpha value is -8.96. The van der Waals surface area contributed by atoms with Crippen LogP contribution in [0.3, 0.4) is 0 Å². The summed E-state index contributed by atoms with van der Waals surface area (Å²) in [5.41, 5.74) is -7.73. The minimum absolute atomic E-state index is 0.0874. The van der Waals surface area contributed by atoms with Crippen LogP contribution >= 0.6 is 0 Å². The summed E-state index contributed by atoms with van der Waals surface area (Å²) >= 11 is 0. The fourth-order valence-electron chi connectivity index (χ4n) is 8.93. The highest BCUT2D eigenvalue weighted by molar-refractivity contribution is 5.99. The van der Waals surface area contributed by atoms with E-state index in [2.05, 4.69) is 0 Å². The summed E-state index contributed by atoms with van der Waals surface area (Å²) in [6.45, 7) is -1.53. The molecule has 0 aliphatic carbocycles. The van der Waals surface area contributed by atoms with Gasteiger partial charge in [-0.2, -0.15) is 0 Å². The van der Waals surface area contributed by atoms with E-state index in [1.54, 1.807) is 24.3 Å². The van der Waals surface area contributed by atoms with Crippen molar-refractivity contribution in [3.05, 3.63) is 248 Å². The fraction of sp³-hybridized carbons (Fsp3) is 0.154. The van der Waals surface area contributed by atoms with Gasteiger partial charge >= 0.3 is 0 Å². The SMILES string of the molecule is O=c1c2cc3c(=O)n(CCc4c(F)c(F)c(F)c(F)c4F)c(=O)c3cc2c(=O)n1CCc1c(F)c(F)c(F)c(F)c1F.O=c1c2cc3c(=O)n(CCc4ccc(F)cc4)c(=O)c3cc2c(=O)n1CCc1ccc(F)cc1. The molecule has 0 atom stereocenters. The van der Waals surface area contributed by atoms with Gasteiger partial charge in [-0.3, -0.25) is 56.6 Å². The molecule has 24 heteroatoms. The Balaban J connectivity index is 0.000000190. The summed E-state index contributed by atoms with van der Waals surface area (Å²) in [7, 11) is 0. The molecule has 0 amide bonds. The molecule has 12 nitrogen and oxygen atoms in total. The summed E-state index contributed by atoms with van der Waals surface area (Å²) in [6, 6.07) is 15.8. The van der Waals surface area contributed by atoms with Gasteiger partial charge in [0.2, 0.25) is 11.6 Å². The van der Waals surface area contributed by atoms with Gasteiger partial charge in [0.1, 0.15) is 11.6 Å². The maximum absolute atomic E-state index is 14.0. The average molecular weight is 1060 g/mol. The van der Waals surface area contributed by atoms with Crippen LogP contribution in [-0.4, -0.2) is 18.3 Å². The second-order valence-corrected chi connectivity index (χ2v) is 17.3. The van der Waals surface area contributed by atoms with Gasteiger partial charge in [-0.15, -0.1) is 0 Å². The Morgan fingerprint density at radius 1 is 0.250 bits per heavy atom. The van der Waals surface area contributed by atoms with Crippen LogP contribution in [0, 0.1) is 69.8 Å². The highest BCUT2D eigenvalue weighted by Gasteiger charge is 2.29. The molecule has 0 spiro atoms. The van der Waals surface area contributed by atoms with Crippen LogP contribution in [0.15, 0.2) is 111 Å². The van der Waals surface area contributed by atoms with Crippen LogP contribution in [0.2, 0.25) is 0 Å². The van der Waals surface area contributed by atoms with Crippen molar-refractivity contribution in [1.82, 2.24) is 18.3 Å². The van der Waals surface area contributed by atoms with Crippen LogP contribution < -0.4 is 44.5 Å². The molecule has 10 rings (SSSR count). The van der Waals surface area contributed by atoms with Crippen LogP contribution in [0.5, 0.6) is 0 Å². The predicted molar refractivity (Wildman–Crippen MR) is 250 cm³/mol. The van der Waals surface area contributed by atoms with Crippen LogP contribution in [0.4, 0.5) is 52.7 Å². The molecule has 0 bridgehead atoms. The van der Waals surface area contributed by atoms with E-state index < -0.39 is 161 Å². The minimum Gasteiger partial charge on any atom is -0.274 e. The van der Waals surface area contributed by atoms with Crippen molar-refractivity contribution >= 4 is 43.1 Å². The van der Waals surface area contributed by atoms with E-state index in [1.165, 1.54) is 36.4 Å². The van der Waals surface area contributed by atoms with Crippen LogP contribution in [-0.2, 0) is 51.9 Å². The number of halogens is 12. The summed E-state index contributed by atoms with van der Waals surface area (Å²) in [5.74, 6) is -23.1. The first-order valence-corrected chi connectivity index (χ1v) is 22.3. The van der Waals surface area contributed by atoms with Gasteiger partial charge in [0.15, 0.2) is 46.5 Å². The molecule has 4 heterocycles. The largest absolute Gasteiger partial charge is 0.274 e. The van der Waals surface area contributed by atoms with Crippen molar-refractivity contribution in [2.45, 2.75) is 51.9 Å². The smallest absolute Gasteiger partial charge is 0.261 e. The first-order chi connectivity index (χ1) is 36.0. The normalized spacial score (nSPS) is 11.7. The topological polar surface area (TPSA) is 156 Å². The van der Waals surface area contributed by atoms with Crippen molar-refractivity contribution in [3.8, 4) is 0 Å². The van der Waals surface area contributed by atoms with Gasteiger partial charge < -0.3 is 0 Å². The lowest BCUT2D eigenvalue weighted by molar-refractivity contribution is 0.368. The molecule has 388 valence electrons. The second kappa shape index (κ2) is 19.7. The highest BCUT2D eigenvalue weighted by Crippen LogP contribution is 2.26. The molecule has 0 unspecified atom stereocenters. The molecule has 0 fully saturated rings. The van der Waals surface area contributed by atoms with Crippen LogP contribution in [0.1, 0.15) is 22.3 Å². The van der Waals surface area contributed by atoms with Gasteiger partial charge in [-0.05, 0) is 85.3 Å². The summed E-state index contributed by atoms with van der Waals surface area (Å²) in [4.78, 5) is 103. The zero-order valence-corrected chi connectivity index (χ0v) is 38.2. The minimum atomic E-state index is -2.40. The third-order valence-electron chi connectivity index (χ3n) is 13.0. The lowest BCUT2D eigenvalue weighted by Gasteiger charge is -2.08. The van der Waals surface area contributed by atoms with Crippen molar-refractivity contribution in [2.75, 3.05) is 0 Å². The van der Waals surface area contributed by atoms with Crippen molar-refractivity contribution in [1.29, 1.82) is 0 Å². The van der Waals surface area contributed by atoms with Gasteiger partial charge in [-0.1, -0.05) is 24.3 Å². The van der Waals surface area contributed by atoms with E-state index in [4.69, 9.17) is 0 Å². The highest BCUT2D eigenvalue weighted by atomic mass is 19.2. The number of benzene rings is 6. The number of hydrogen-bond donors (Lipinski definition) is 0. The zero-order chi connectivity index (χ0) is 54.9. The lowest BCUT2D eigenvalue weighted by atomic mass is 10.1. The Morgan fingerprint density at radius 3 is 0.645 bits per heavy atom. The van der Waals surface area contributed by atoms with Crippen molar-refractivity contribution in [2.24, 2.45) is 0 Å². The van der Waals surface area contributed by atoms with Gasteiger partial charge in [0.25, 0.3) is 44.5 Å². The lowest BCUT2D eigenvalue weighted by Crippen LogP contribution is -2.27. The Kier molecular flexibility index (Phi) is 13.5. The molecule has 0 radical (unpaired) electrons. The Labute approximate surface area is 412 Å². The number of aromatic nitrogens is 4. The average Bonchev–Trinajstić information content (AvgIpc) is 4.01.